The number of carbonyl (C=O) groups excluding carboxylic acids is 2. The fourth-order valence-corrected chi connectivity index (χ4v) is 2.17. The molecule has 0 heterocycles. The Morgan fingerprint density at radius 1 is 0.882 bits per heavy atom. The predicted octanol–water partition coefficient (Wildman–Crippen LogP) is 0.900. The molecule has 84 valence electrons. The molecule has 4 nitrogen and oxygen atoms in total. The Hall–Kier alpha value is -2.04. The van der Waals surface area contributed by atoms with E-state index in [1.165, 1.54) is 6.07 Å². The first-order chi connectivity index (χ1) is 8.03. The SMILES string of the molecule is O=C1c2ccc3ccccc3c2C(=O)C1(O)O. The van der Waals surface area contributed by atoms with Crippen molar-refractivity contribution >= 4 is 22.3 Å². The van der Waals surface area contributed by atoms with Gasteiger partial charge in [-0.1, -0.05) is 30.3 Å². The molecule has 0 aliphatic heterocycles. The minimum Gasteiger partial charge on any atom is -0.353 e. The van der Waals surface area contributed by atoms with Crippen LogP contribution in [0.4, 0.5) is 0 Å². The molecule has 3 rings (SSSR count). The lowest BCUT2D eigenvalue weighted by Crippen LogP contribution is -2.40. The van der Waals surface area contributed by atoms with E-state index in [1.54, 1.807) is 30.3 Å². The van der Waals surface area contributed by atoms with Crippen LogP contribution < -0.4 is 0 Å². The number of rotatable bonds is 0. The minimum absolute atomic E-state index is 0.0682. The summed E-state index contributed by atoms with van der Waals surface area (Å²) in [6.07, 6.45) is 0. The summed E-state index contributed by atoms with van der Waals surface area (Å²) in [5, 5.41) is 20.3. The fraction of sp³-hybridized carbons (Fsp3) is 0.0769. The van der Waals surface area contributed by atoms with Gasteiger partial charge in [0.1, 0.15) is 0 Å². The molecule has 0 aromatic heterocycles. The predicted molar refractivity (Wildman–Crippen MR) is 59.8 cm³/mol. The monoisotopic (exact) mass is 228 g/mol. The molecule has 0 unspecified atom stereocenters. The van der Waals surface area contributed by atoms with Crippen LogP contribution in [0.2, 0.25) is 0 Å². The van der Waals surface area contributed by atoms with Gasteiger partial charge in [-0.15, -0.1) is 0 Å². The third-order valence-electron chi connectivity index (χ3n) is 3.03. The van der Waals surface area contributed by atoms with Gasteiger partial charge >= 0.3 is 0 Å². The smallest absolute Gasteiger partial charge is 0.295 e. The van der Waals surface area contributed by atoms with Crippen LogP contribution in [-0.2, 0) is 0 Å². The van der Waals surface area contributed by atoms with Crippen molar-refractivity contribution in [2.75, 3.05) is 0 Å². The highest BCUT2D eigenvalue weighted by Gasteiger charge is 2.51. The van der Waals surface area contributed by atoms with E-state index in [1.807, 2.05) is 0 Å². The third-order valence-corrected chi connectivity index (χ3v) is 3.03. The molecule has 0 atom stereocenters. The number of fused-ring (bicyclic) bond motifs is 3. The van der Waals surface area contributed by atoms with E-state index in [-0.39, 0.29) is 11.1 Å². The quantitative estimate of drug-likeness (QED) is 0.519. The van der Waals surface area contributed by atoms with Crippen molar-refractivity contribution in [3.63, 3.8) is 0 Å². The molecule has 0 saturated carbocycles. The summed E-state index contributed by atoms with van der Waals surface area (Å²) in [7, 11) is 0. The molecule has 2 aromatic rings. The molecule has 2 aromatic carbocycles. The van der Waals surface area contributed by atoms with Crippen molar-refractivity contribution < 1.29 is 19.8 Å². The summed E-state index contributed by atoms with van der Waals surface area (Å²) in [6.45, 7) is 0. The maximum atomic E-state index is 11.8. The van der Waals surface area contributed by atoms with Gasteiger partial charge in [0, 0.05) is 11.1 Å². The van der Waals surface area contributed by atoms with Gasteiger partial charge in [0.15, 0.2) is 0 Å². The Balaban J connectivity index is 2.46. The van der Waals surface area contributed by atoms with Gasteiger partial charge in [-0.05, 0) is 16.8 Å². The Bertz CT molecular complexity index is 670. The number of ketones is 2. The number of hydrogen-bond donors (Lipinski definition) is 2. The second-order valence-electron chi connectivity index (χ2n) is 4.04. The molecule has 0 radical (unpaired) electrons. The fourth-order valence-electron chi connectivity index (χ4n) is 2.17. The highest BCUT2D eigenvalue weighted by molar-refractivity contribution is 6.34. The lowest BCUT2D eigenvalue weighted by atomic mass is 10.0. The number of carbonyl (C=O) groups is 2. The standard InChI is InChI=1S/C13H8O4/c14-11-9-6-5-7-3-1-2-4-8(7)10(9)12(15)13(11,16)17/h1-6,16-17H. The largest absolute Gasteiger partial charge is 0.353 e. The third kappa shape index (κ3) is 1.13. The lowest BCUT2D eigenvalue weighted by Gasteiger charge is -2.08. The van der Waals surface area contributed by atoms with Crippen molar-refractivity contribution in [1.29, 1.82) is 0 Å². The topological polar surface area (TPSA) is 74.6 Å². The van der Waals surface area contributed by atoms with Gasteiger partial charge in [-0.2, -0.15) is 0 Å². The molecule has 0 fully saturated rings. The normalized spacial score (nSPS) is 17.5. The van der Waals surface area contributed by atoms with E-state index in [9.17, 15) is 19.8 Å². The van der Waals surface area contributed by atoms with Gasteiger partial charge in [0.2, 0.25) is 11.6 Å². The van der Waals surface area contributed by atoms with E-state index in [2.05, 4.69) is 0 Å². The van der Waals surface area contributed by atoms with Crippen LogP contribution in [0.3, 0.4) is 0 Å². The summed E-state index contributed by atoms with van der Waals surface area (Å²) in [5.74, 6) is -4.82. The number of aliphatic hydroxyl groups is 2. The second-order valence-corrected chi connectivity index (χ2v) is 4.04. The van der Waals surface area contributed by atoms with Gasteiger partial charge < -0.3 is 10.2 Å². The zero-order chi connectivity index (χ0) is 12.2. The van der Waals surface area contributed by atoms with Crippen molar-refractivity contribution in [1.82, 2.24) is 0 Å². The Labute approximate surface area is 96.1 Å². The summed E-state index contributed by atoms with van der Waals surface area (Å²) >= 11 is 0. The average molecular weight is 228 g/mol. The molecular formula is C13H8O4. The molecule has 4 heteroatoms. The van der Waals surface area contributed by atoms with Gasteiger partial charge in [0.05, 0.1) is 0 Å². The van der Waals surface area contributed by atoms with E-state index in [0.29, 0.717) is 5.39 Å². The summed E-state index contributed by atoms with van der Waals surface area (Å²) in [4.78, 5) is 23.5. The molecular weight excluding hydrogens is 220 g/mol. The summed E-state index contributed by atoms with van der Waals surface area (Å²) in [5.41, 5.74) is 0.164. The van der Waals surface area contributed by atoms with Crippen molar-refractivity contribution in [2.45, 2.75) is 5.79 Å². The average Bonchev–Trinajstić information content (AvgIpc) is 2.51. The van der Waals surface area contributed by atoms with E-state index < -0.39 is 17.4 Å². The molecule has 1 aliphatic carbocycles. The van der Waals surface area contributed by atoms with Crippen molar-refractivity contribution in [2.24, 2.45) is 0 Å². The Morgan fingerprint density at radius 3 is 2.35 bits per heavy atom. The first-order valence-corrected chi connectivity index (χ1v) is 5.09. The zero-order valence-electron chi connectivity index (χ0n) is 8.68. The van der Waals surface area contributed by atoms with Gasteiger partial charge in [0.25, 0.3) is 5.79 Å². The zero-order valence-corrected chi connectivity index (χ0v) is 8.68. The number of Topliss-reactive ketones (excluding diaryl/α,β-unsaturated/α-hetero) is 2. The Morgan fingerprint density at radius 2 is 1.59 bits per heavy atom. The lowest BCUT2D eigenvalue weighted by molar-refractivity contribution is -0.0856. The highest BCUT2D eigenvalue weighted by Crippen LogP contribution is 2.33. The molecule has 0 spiro atoms. The maximum absolute atomic E-state index is 11.8. The van der Waals surface area contributed by atoms with Crippen molar-refractivity contribution in [3.8, 4) is 0 Å². The van der Waals surface area contributed by atoms with Gasteiger partial charge in [-0.25, -0.2) is 0 Å². The summed E-state index contributed by atoms with van der Waals surface area (Å²) in [6, 6.07) is 10.1. The van der Waals surface area contributed by atoms with Crippen molar-refractivity contribution in [3.05, 3.63) is 47.5 Å². The molecule has 1 aliphatic rings. The number of hydrogen-bond acceptors (Lipinski definition) is 4. The van der Waals surface area contributed by atoms with E-state index >= 15 is 0 Å². The van der Waals surface area contributed by atoms with Crippen LogP contribution in [0.1, 0.15) is 20.7 Å². The van der Waals surface area contributed by atoms with Crippen LogP contribution in [0.15, 0.2) is 36.4 Å². The highest BCUT2D eigenvalue weighted by atomic mass is 16.5. The molecule has 0 amide bonds. The summed E-state index contributed by atoms with van der Waals surface area (Å²) < 4.78 is 0. The molecule has 0 bridgehead atoms. The maximum Gasteiger partial charge on any atom is 0.295 e. The van der Waals surface area contributed by atoms with Crippen LogP contribution in [0.5, 0.6) is 0 Å². The minimum atomic E-state index is -2.91. The van der Waals surface area contributed by atoms with Crippen LogP contribution in [-0.4, -0.2) is 27.6 Å². The molecule has 0 saturated heterocycles. The first-order valence-electron chi connectivity index (χ1n) is 5.09. The number of benzene rings is 2. The molecule has 17 heavy (non-hydrogen) atoms. The van der Waals surface area contributed by atoms with E-state index in [0.717, 1.165) is 5.39 Å². The Kier molecular flexibility index (Phi) is 1.79. The van der Waals surface area contributed by atoms with Crippen LogP contribution >= 0.6 is 0 Å². The first kappa shape index (κ1) is 10.1. The molecule has 2 N–H and O–H groups in total. The van der Waals surface area contributed by atoms with Gasteiger partial charge in [-0.3, -0.25) is 9.59 Å². The van der Waals surface area contributed by atoms with Crippen LogP contribution in [0.25, 0.3) is 10.8 Å². The van der Waals surface area contributed by atoms with Crippen LogP contribution in [0, 0.1) is 0 Å². The van der Waals surface area contributed by atoms with E-state index in [4.69, 9.17) is 0 Å². The second kappa shape index (κ2) is 3.00.